The summed E-state index contributed by atoms with van der Waals surface area (Å²) in [5.74, 6) is -0.328. The van der Waals surface area contributed by atoms with Gasteiger partial charge in [0, 0.05) is 16.1 Å². The number of imide groups is 1. The smallest absolute Gasteiger partial charge is 0.294 e. The number of ether oxygens (including phenoxy) is 1. The average Bonchev–Trinajstić information content (AvgIpc) is 3.16. The van der Waals surface area contributed by atoms with Crippen molar-refractivity contribution in [2.45, 2.75) is 6.61 Å². The average molecular weight is 529 g/mol. The Bertz CT molecular complexity index is 1530. The van der Waals surface area contributed by atoms with Crippen molar-refractivity contribution < 1.29 is 19.1 Å². The molecule has 184 valence electrons. The Kier molecular flexibility index (Phi) is 7.25. The maximum absolute atomic E-state index is 12.9. The van der Waals surface area contributed by atoms with Crippen molar-refractivity contribution in [2.75, 3.05) is 11.9 Å². The number of nitrogens with one attached hydrogen (secondary N) is 1. The van der Waals surface area contributed by atoms with E-state index in [0.29, 0.717) is 28.6 Å². The number of amides is 3. The van der Waals surface area contributed by atoms with Crippen molar-refractivity contribution in [3.63, 3.8) is 0 Å². The van der Waals surface area contributed by atoms with Crippen molar-refractivity contribution >= 4 is 63.0 Å². The first kappa shape index (κ1) is 24.6. The van der Waals surface area contributed by atoms with E-state index in [-0.39, 0.29) is 11.4 Å². The molecule has 6 nitrogen and oxygen atoms in total. The van der Waals surface area contributed by atoms with Gasteiger partial charge in [0.25, 0.3) is 11.1 Å². The van der Waals surface area contributed by atoms with Gasteiger partial charge in [0.05, 0.1) is 4.91 Å². The molecule has 1 fully saturated rings. The summed E-state index contributed by atoms with van der Waals surface area (Å²) in [7, 11) is 0. The Morgan fingerprint density at radius 2 is 1.70 bits per heavy atom. The zero-order valence-electron chi connectivity index (χ0n) is 19.5. The maximum atomic E-state index is 12.9. The van der Waals surface area contributed by atoms with Crippen LogP contribution in [0.15, 0.2) is 95.9 Å². The van der Waals surface area contributed by atoms with E-state index in [1.54, 1.807) is 30.3 Å². The molecule has 1 N–H and O–H groups in total. The van der Waals surface area contributed by atoms with E-state index in [1.807, 2.05) is 66.7 Å². The fourth-order valence-corrected chi connectivity index (χ4v) is 4.86. The molecule has 3 amide bonds. The molecule has 0 bridgehead atoms. The quantitative estimate of drug-likeness (QED) is 0.269. The first-order valence-electron chi connectivity index (χ1n) is 11.5. The lowest BCUT2D eigenvalue weighted by atomic mass is 10.1. The molecule has 0 unspecified atom stereocenters. The minimum Gasteiger partial charge on any atom is -0.489 e. The van der Waals surface area contributed by atoms with Crippen LogP contribution in [-0.4, -0.2) is 28.5 Å². The molecule has 0 saturated carbocycles. The van der Waals surface area contributed by atoms with Gasteiger partial charge in [-0.15, -0.1) is 0 Å². The number of anilines is 1. The number of halogens is 1. The van der Waals surface area contributed by atoms with Crippen molar-refractivity contribution in [1.82, 2.24) is 4.90 Å². The second-order valence-electron chi connectivity index (χ2n) is 8.33. The molecule has 1 saturated heterocycles. The van der Waals surface area contributed by atoms with Crippen LogP contribution >= 0.6 is 23.4 Å². The van der Waals surface area contributed by atoms with Gasteiger partial charge in [-0.05, 0) is 64.7 Å². The summed E-state index contributed by atoms with van der Waals surface area (Å²) in [5.41, 5.74) is 2.30. The number of rotatable bonds is 7. The molecule has 4 aromatic rings. The number of nitrogens with zero attached hydrogens (tertiary/aromatic N) is 1. The summed E-state index contributed by atoms with van der Waals surface area (Å²) in [6, 6.07) is 27.8. The zero-order chi connectivity index (χ0) is 25.8. The topological polar surface area (TPSA) is 75.7 Å². The Morgan fingerprint density at radius 1 is 0.946 bits per heavy atom. The molecule has 4 aromatic carbocycles. The predicted octanol–water partition coefficient (Wildman–Crippen LogP) is 6.75. The van der Waals surface area contributed by atoms with Gasteiger partial charge >= 0.3 is 0 Å². The highest BCUT2D eigenvalue weighted by atomic mass is 35.5. The molecule has 5 rings (SSSR count). The minimum atomic E-state index is -0.504. The molecule has 37 heavy (non-hydrogen) atoms. The van der Waals surface area contributed by atoms with Gasteiger partial charge in [-0.3, -0.25) is 19.3 Å². The van der Waals surface area contributed by atoms with Crippen LogP contribution in [-0.2, 0) is 16.2 Å². The van der Waals surface area contributed by atoms with Crippen LogP contribution in [0.2, 0.25) is 5.02 Å². The van der Waals surface area contributed by atoms with Gasteiger partial charge in [0.1, 0.15) is 18.9 Å². The number of benzene rings is 4. The van der Waals surface area contributed by atoms with Crippen molar-refractivity contribution in [2.24, 2.45) is 0 Å². The Balaban J connectivity index is 1.24. The summed E-state index contributed by atoms with van der Waals surface area (Å²) >= 11 is 6.73. The monoisotopic (exact) mass is 528 g/mol. The SMILES string of the molecule is O=C(CN1C(=O)S/C(=C/c2cccc(OCc3ccc(Cl)cc3)c2)C1=O)Nc1cccc2ccccc12. The first-order valence-corrected chi connectivity index (χ1v) is 12.7. The summed E-state index contributed by atoms with van der Waals surface area (Å²) in [5, 5.41) is 4.85. The highest BCUT2D eigenvalue weighted by Gasteiger charge is 2.36. The molecule has 0 spiro atoms. The van der Waals surface area contributed by atoms with Crippen LogP contribution in [0.3, 0.4) is 0 Å². The molecular weight excluding hydrogens is 508 g/mol. The van der Waals surface area contributed by atoms with Crippen LogP contribution in [0.4, 0.5) is 10.5 Å². The summed E-state index contributed by atoms with van der Waals surface area (Å²) in [6.07, 6.45) is 1.63. The van der Waals surface area contributed by atoms with E-state index in [2.05, 4.69) is 5.32 Å². The van der Waals surface area contributed by atoms with Gasteiger partial charge in [0.15, 0.2) is 0 Å². The summed E-state index contributed by atoms with van der Waals surface area (Å²) in [6.45, 7) is -0.00157. The van der Waals surface area contributed by atoms with Gasteiger partial charge in [-0.2, -0.15) is 0 Å². The molecule has 0 aliphatic carbocycles. The fraction of sp³-hybridized carbons (Fsp3) is 0.0690. The van der Waals surface area contributed by atoms with E-state index in [9.17, 15) is 14.4 Å². The number of fused-ring (bicyclic) bond motifs is 1. The van der Waals surface area contributed by atoms with E-state index in [4.69, 9.17) is 16.3 Å². The molecular formula is C29H21ClN2O4S. The van der Waals surface area contributed by atoms with Crippen LogP contribution in [0.25, 0.3) is 16.8 Å². The normalized spacial score (nSPS) is 14.4. The number of carbonyl (C=O) groups is 3. The van der Waals surface area contributed by atoms with Crippen molar-refractivity contribution in [3.05, 3.63) is 112 Å². The molecule has 8 heteroatoms. The van der Waals surface area contributed by atoms with Gasteiger partial charge < -0.3 is 10.1 Å². The van der Waals surface area contributed by atoms with Crippen LogP contribution in [0.1, 0.15) is 11.1 Å². The van der Waals surface area contributed by atoms with E-state index >= 15 is 0 Å². The fourth-order valence-electron chi connectivity index (χ4n) is 3.90. The van der Waals surface area contributed by atoms with Crippen LogP contribution in [0.5, 0.6) is 5.75 Å². The largest absolute Gasteiger partial charge is 0.489 e. The summed E-state index contributed by atoms with van der Waals surface area (Å²) in [4.78, 5) is 39.4. The Hall–Kier alpha value is -4.07. The lowest BCUT2D eigenvalue weighted by Gasteiger charge is -2.13. The highest BCUT2D eigenvalue weighted by molar-refractivity contribution is 8.18. The molecule has 1 heterocycles. The number of hydrogen-bond acceptors (Lipinski definition) is 5. The third-order valence-corrected chi connectivity index (χ3v) is 6.87. The third-order valence-electron chi connectivity index (χ3n) is 5.71. The minimum absolute atomic E-state index is 0.248. The van der Waals surface area contributed by atoms with Gasteiger partial charge in [-0.1, -0.05) is 72.3 Å². The molecule has 1 aliphatic heterocycles. The van der Waals surface area contributed by atoms with E-state index in [1.165, 1.54) is 0 Å². The van der Waals surface area contributed by atoms with Crippen molar-refractivity contribution in [1.29, 1.82) is 0 Å². The van der Waals surface area contributed by atoms with Gasteiger partial charge in [0.2, 0.25) is 5.91 Å². The second-order valence-corrected chi connectivity index (χ2v) is 9.76. The van der Waals surface area contributed by atoms with E-state index in [0.717, 1.165) is 33.0 Å². The maximum Gasteiger partial charge on any atom is 0.294 e. The number of hydrogen-bond donors (Lipinski definition) is 1. The lowest BCUT2D eigenvalue weighted by Crippen LogP contribution is -2.36. The molecule has 1 aliphatic rings. The number of thioether (sulfide) groups is 1. The van der Waals surface area contributed by atoms with Gasteiger partial charge in [-0.25, -0.2) is 0 Å². The molecule has 0 aromatic heterocycles. The predicted molar refractivity (Wildman–Crippen MR) is 147 cm³/mol. The highest BCUT2D eigenvalue weighted by Crippen LogP contribution is 2.33. The Labute approximate surface area is 222 Å². The standard InChI is InChI=1S/C29H21ClN2O4S/c30-22-13-11-19(12-14-22)18-36-23-8-3-5-20(15-23)16-26-28(34)32(29(35)37-26)17-27(33)31-25-10-4-7-21-6-1-2-9-24(21)25/h1-16H,17-18H2,(H,31,33)/b26-16+. The van der Waals surface area contributed by atoms with Crippen molar-refractivity contribution in [3.8, 4) is 5.75 Å². The zero-order valence-corrected chi connectivity index (χ0v) is 21.1. The lowest BCUT2D eigenvalue weighted by molar-refractivity contribution is -0.127. The van der Waals surface area contributed by atoms with Crippen LogP contribution in [0, 0.1) is 0 Å². The second kappa shape index (κ2) is 10.9. The van der Waals surface area contributed by atoms with Crippen LogP contribution < -0.4 is 10.1 Å². The van der Waals surface area contributed by atoms with E-state index < -0.39 is 17.1 Å². The molecule has 0 radical (unpaired) electrons. The molecule has 0 atom stereocenters. The third kappa shape index (κ3) is 5.85. The Morgan fingerprint density at radius 3 is 2.54 bits per heavy atom. The first-order chi connectivity index (χ1) is 18.0. The summed E-state index contributed by atoms with van der Waals surface area (Å²) < 4.78 is 5.85. The number of carbonyl (C=O) groups excluding carboxylic acids is 3.